The Labute approximate surface area is 152 Å². The maximum atomic E-state index is 11.6. The molecule has 0 saturated heterocycles. The van der Waals surface area contributed by atoms with Gasteiger partial charge in [-0.1, -0.05) is 44.9 Å². The highest BCUT2D eigenvalue weighted by molar-refractivity contribution is 7.99. The summed E-state index contributed by atoms with van der Waals surface area (Å²) in [6, 6.07) is 9.19. The van der Waals surface area contributed by atoms with E-state index >= 15 is 0 Å². The molecule has 136 valence electrons. The van der Waals surface area contributed by atoms with Crippen LogP contribution in [-0.2, 0) is 9.53 Å². The van der Waals surface area contributed by atoms with Gasteiger partial charge >= 0.3 is 11.6 Å². The Bertz CT molecular complexity index is 738. The molecule has 1 aromatic carbocycles. The zero-order valence-corrected chi connectivity index (χ0v) is 15.8. The molecule has 0 bridgehead atoms. The van der Waals surface area contributed by atoms with Crippen LogP contribution in [0.2, 0.25) is 0 Å². The molecule has 0 spiro atoms. The minimum absolute atomic E-state index is 0.00487. The van der Waals surface area contributed by atoms with Crippen LogP contribution in [0.1, 0.15) is 46.0 Å². The lowest BCUT2D eigenvalue weighted by Gasteiger charge is -2.09. The van der Waals surface area contributed by atoms with Crippen molar-refractivity contribution in [1.82, 2.24) is 0 Å². The normalized spacial score (nSPS) is 12.2. The summed E-state index contributed by atoms with van der Waals surface area (Å²) in [5, 5.41) is 0.990. The summed E-state index contributed by atoms with van der Waals surface area (Å²) < 4.78 is 10.5. The predicted molar refractivity (Wildman–Crippen MR) is 102 cm³/mol. The second kappa shape index (κ2) is 10.3. The molecule has 0 radical (unpaired) electrons. The van der Waals surface area contributed by atoms with Crippen molar-refractivity contribution in [2.24, 2.45) is 5.92 Å². The molecule has 1 heterocycles. The molecule has 0 aliphatic rings. The Hall–Kier alpha value is -1.75. The molecule has 0 fully saturated rings. The van der Waals surface area contributed by atoms with Crippen LogP contribution < -0.4 is 5.63 Å². The first-order chi connectivity index (χ1) is 12.1. The quantitative estimate of drug-likeness (QED) is 0.257. The lowest BCUT2D eigenvalue weighted by molar-refractivity contribution is -0.148. The van der Waals surface area contributed by atoms with E-state index in [4.69, 9.17) is 9.15 Å². The summed E-state index contributed by atoms with van der Waals surface area (Å²) in [5.74, 6) is 0.864. The molecule has 0 aliphatic heterocycles. The smallest absolute Gasteiger partial charge is 0.337 e. The van der Waals surface area contributed by atoms with E-state index in [1.807, 2.05) is 38.1 Å². The molecular weight excluding hydrogens is 336 g/mol. The van der Waals surface area contributed by atoms with Crippen molar-refractivity contribution < 1.29 is 13.9 Å². The molecule has 25 heavy (non-hydrogen) atoms. The Morgan fingerprint density at radius 3 is 2.76 bits per heavy atom. The number of thioether (sulfide) groups is 1. The number of rotatable bonds is 10. The van der Waals surface area contributed by atoms with E-state index in [2.05, 4.69) is 0 Å². The second-order valence-corrected chi connectivity index (χ2v) is 7.30. The van der Waals surface area contributed by atoms with Gasteiger partial charge < -0.3 is 9.15 Å². The highest BCUT2D eigenvalue weighted by Crippen LogP contribution is 2.27. The number of unbranched alkanes of at least 4 members (excludes halogenated alkanes) is 3. The molecule has 0 amide bonds. The van der Waals surface area contributed by atoms with E-state index in [-0.39, 0.29) is 17.5 Å². The molecule has 4 nitrogen and oxygen atoms in total. The molecule has 1 atom stereocenters. The molecule has 1 unspecified atom stereocenters. The van der Waals surface area contributed by atoms with Crippen LogP contribution >= 0.6 is 11.8 Å². The monoisotopic (exact) mass is 362 g/mol. The van der Waals surface area contributed by atoms with E-state index in [1.165, 1.54) is 0 Å². The number of esters is 1. The number of fused-ring (bicyclic) bond motifs is 1. The lowest BCUT2D eigenvalue weighted by atomic mass is 10.1. The van der Waals surface area contributed by atoms with Gasteiger partial charge in [0.05, 0.1) is 12.5 Å². The molecule has 5 heteroatoms. The van der Waals surface area contributed by atoms with Crippen LogP contribution in [-0.4, -0.2) is 18.3 Å². The molecule has 2 aromatic rings. The second-order valence-electron chi connectivity index (χ2n) is 6.17. The topological polar surface area (TPSA) is 56.5 Å². The minimum Gasteiger partial charge on any atom is -0.465 e. The fraction of sp³-hybridized carbons (Fsp3) is 0.500. The van der Waals surface area contributed by atoms with Crippen LogP contribution in [0.5, 0.6) is 0 Å². The fourth-order valence-electron chi connectivity index (χ4n) is 2.42. The van der Waals surface area contributed by atoms with Gasteiger partial charge in [0.2, 0.25) is 0 Å². The average molecular weight is 362 g/mol. The Morgan fingerprint density at radius 1 is 1.20 bits per heavy atom. The Balaban J connectivity index is 1.66. The zero-order chi connectivity index (χ0) is 18.1. The number of hydrogen-bond donors (Lipinski definition) is 0. The summed E-state index contributed by atoms with van der Waals surface area (Å²) >= 11 is 1.69. The first-order valence-corrected chi connectivity index (χ1v) is 9.92. The molecule has 1 aromatic heterocycles. The number of carbonyl (C=O) groups excluding carboxylic acids is 1. The van der Waals surface area contributed by atoms with Crippen molar-refractivity contribution >= 4 is 28.7 Å². The highest BCUT2D eigenvalue weighted by atomic mass is 32.2. The van der Waals surface area contributed by atoms with E-state index in [0.29, 0.717) is 12.2 Å². The van der Waals surface area contributed by atoms with Gasteiger partial charge in [0.1, 0.15) is 5.58 Å². The fourth-order valence-corrected chi connectivity index (χ4v) is 3.49. The largest absolute Gasteiger partial charge is 0.465 e. The predicted octanol–water partition coefficient (Wildman–Crippen LogP) is 5.03. The van der Waals surface area contributed by atoms with Gasteiger partial charge in [0.25, 0.3) is 0 Å². The van der Waals surface area contributed by atoms with Crippen LogP contribution in [0.3, 0.4) is 0 Å². The summed E-state index contributed by atoms with van der Waals surface area (Å²) in [7, 11) is 0. The summed E-state index contributed by atoms with van der Waals surface area (Å²) in [4.78, 5) is 24.1. The Morgan fingerprint density at radius 2 is 1.96 bits per heavy atom. The standard InChI is InChI=1S/C20H26O4S/c1-3-15(2)20(22)23-12-8-4-5-9-13-25-18-14-19(21)24-17-11-7-6-10-16(17)18/h6-7,10-11,14-15H,3-5,8-9,12-13H2,1-2H3. The van der Waals surface area contributed by atoms with E-state index in [9.17, 15) is 9.59 Å². The third-order valence-electron chi connectivity index (χ3n) is 4.17. The van der Waals surface area contributed by atoms with Gasteiger partial charge in [-0.15, -0.1) is 11.8 Å². The number of hydrogen-bond acceptors (Lipinski definition) is 5. The van der Waals surface area contributed by atoms with E-state index in [0.717, 1.165) is 48.1 Å². The maximum Gasteiger partial charge on any atom is 0.337 e. The van der Waals surface area contributed by atoms with Crippen molar-refractivity contribution in [3.05, 3.63) is 40.8 Å². The summed E-state index contributed by atoms with van der Waals surface area (Å²) in [6.07, 6.45) is 4.94. The third kappa shape index (κ3) is 6.24. The van der Waals surface area contributed by atoms with E-state index in [1.54, 1.807) is 17.8 Å². The van der Waals surface area contributed by atoms with Crippen LogP contribution in [0.25, 0.3) is 11.0 Å². The first-order valence-electron chi connectivity index (χ1n) is 8.94. The molecule has 0 saturated carbocycles. The molecule has 0 N–H and O–H groups in total. The van der Waals surface area contributed by atoms with E-state index < -0.39 is 0 Å². The minimum atomic E-state index is -0.302. The van der Waals surface area contributed by atoms with Crippen molar-refractivity contribution in [3.63, 3.8) is 0 Å². The third-order valence-corrected chi connectivity index (χ3v) is 5.31. The average Bonchev–Trinajstić information content (AvgIpc) is 2.62. The van der Waals surface area contributed by atoms with Gasteiger partial charge in [0, 0.05) is 16.3 Å². The first kappa shape index (κ1) is 19.6. The number of benzene rings is 1. The van der Waals surface area contributed by atoms with Gasteiger partial charge in [0.15, 0.2) is 0 Å². The van der Waals surface area contributed by atoms with Crippen LogP contribution in [0, 0.1) is 5.92 Å². The van der Waals surface area contributed by atoms with Crippen molar-refractivity contribution in [2.75, 3.05) is 12.4 Å². The highest BCUT2D eigenvalue weighted by Gasteiger charge is 2.11. The molecular formula is C20H26O4S. The molecule has 0 aliphatic carbocycles. The number of ether oxygens (including phenoxy) is 1. The maximum absolute atomic E-state index is 11.6. The van der Waals surface area contributed by atoms with Gasteiger partial charge in [-0.25, -0.2) is 4.79 Å². The SMILES string of the molecule is CCC(C)C(=O)OCCCCCCSc1cc(=O)oc2ccccc12. The van der Waals surface area contributed by atoms with Gasteiger partial charge in [-0.05, 0) is 31.1 Å². The number of para-hydroxylation sites is 1. The van der Waals surface area contributed by atoms with Gasteiger partial charge in [-0.2, -0.15) is 0 Å². The van der Waals surface area contributed by atoms with Gasteiger partial charge in [-0.3, -0.25) is 4.79 Å². The zero-order valence-electron chi connectivity index (χ0n) is 15.0. The van der Waals surface area contributed by atoms with Crippen molar-refractivity contribution in [3.8, 4) is 0 Å². The lowest BCUT2D eigenvalue weighted by Crippen LogP contribution is -2.14. The Kier molecular flexibility index (Phi) is 8.06. The summed E-state index contributed by atoms with van der Waals surface area (Å²) in [6.45, 7) is 4.40. The number of carbonyl (C=O) groups is 1. The summed E-state index contributed by atoms with van der Waals surface area (Å²) in [5.41, 5.74) is 0.338. The van der Waals surface area contributed by atoms with Crippen LogP contribution in [0.15, 0.2) is 44.4 Å². The molecule has 2 rings (SSSR count). The van der Waals surface area contributed by atoms with Crippen molar-refractivity contribution in [1.29, 1.82) is 0 Å². The van der Waals surface area contributed by atoms with Crippen LogP contribution in [0.4, 0.5) is 0 Å². The van der Waals surface area contributed by atoms with Crippen molar-refractivity contribution in [2.45, 2.75) is 50.8 Å².